The average molecular weight is 338 g/mol. The second-order valence-corrected chi connectivity index (χ2v) is 5.63. The number of hydrogen-bond acceptors (Lipinski definition) is 4. The van der Waals surface area contributed by atoms with E-state index in [1.807, 2.05) is 0 Å². The summed E-state index contributed by atoms with van der Waals surface area (Å²) in [6.07, 6.45) is 2.77. The van der Waals surface area contributed by atoms with Gasteiger partial charge in [0.05, 0.1) is 15.5 Å². The lowest BCUT2D eigenvalue weighted by atomic mass is 9.87. The molecule has 0 aliphatic heterocycles. The van der Waals surface area contributed by atoms with Crippen LogP contribution in [0, 0.1) is 26.9 Å². The summed E-state index contributed by atoms with van der Waals surface area (Å²) in [6, 6.07) is 6.44. The van der Waals surface area contributed by atoms with E-state index in [2.05, 4.69) is 27.3 Å². The number of nitro benzene ring substituents is 1. The van der Waals surface area contributed by atoms with Gasteiger partial charge in [-0.2, -0.15) is 5.26 Å². The van der Waals surface area contributed by atoms with Gasteiger partial charge in [0.25, 0.3) is 5.69 Å². The number of halogens is 1. The Kier molecular flexibility index (Phi) is 4.04. The summed E-state index contributed by atoms with van der Waals surface area (Å²) < 4.78 is 0.344. The van der Waals surface area contributed by atoms with Crippen LogP contribution in [0.1, 0.15) is 25.7 Å². The molecule has 0 atom stereocenters. The van der Waals surface area contributed by atoms with Crippen molar-refractivity contribution in [1.82, 2.24) is 0 Å². The van der Waals surface area contributed by atoms with Gasteiger partial charge in [-0.05, 0) is 40.9 Å². The number of carbonyl (C=O) groups is 1. The van der Waals surface area contributed by atoms with Crippen molar-refractivity contribution in [2.24, 2.45) is 5.41 Å². The predicted octanol–water partition coefficient (Wildman–Crippen LogP) is 3.38. The SMILES string of the molecule is N#CC1(C(=O)Nc2ccc(Br)c([N+](=O)[O-])c2)CCCC1. The van der Waals surface area contributed by atoms with E-state index in [1.165, 1.54) is 12.1 Å². The maximum atomic E-state index is 12.2. The van der Waals surface area contributed by atoms with Gasteiger partial charge in [0, 0.05) is 11.8 Å². The van der Waals surface area contributed by atoms with E-state index in [1.54, 1.807) is 6.07 Å². The van der Waals surface area contributed by atoms with Gasteiger partial charge in [0.1, 0.15) is 5.41 Å². The Morgan fingerprint density at radius 1 is 1.45 bits per heavy atom. The van der Waals surface area contributed by atoms with Crippen LogP contribution < -0.4 is 5.32 Å². The molecular weight excluding hydrogens is 326 g/mol. The summed E-state index contributed by atoms with van der Waals surface area (Å²) in [5.41, 5.74) is -0.798. The normalized spacial score (nSPS) is 16.4. The number of amides is 1. The minimum absolute atomic E-state index is 0.125. The predicted molar refractivity (Wildman–Crippen MR) is 75.9 cm³/mol. The number of benzene rings is 1. The molecule has 0 heterocycles. The first kappa shape index (κ1) is 14.5. The number of anilines is 1. The molecule has 7 heteroatoms. The molecule has 0 saturated heterocycles. The number of rotatable bonds is 3. The molecule has 104 valence electrons. The van der Waals surface area contributed by atoms with E-state index in [-0.39, 0.29) is 11.6 Å². The molecule has 0 radical (unpaired) electrons. The molecular formula is C13H12BrN3O3. The molecule has 6 nitrogen and oxygen atoms in total. The van der Waals surface area contributed by atoms with Crippen molar-refractivity contribution >= 4 is 33.2 Å². The Bertz CT molecular complexity index is 603. The van der Waals surface area contributed by atoms with Crippen molar-refractivity contribution in [2.45, 2.75) is 25.7 Å². The zero-order valence-corrected chi connectivity index (χ0v) is 12.1. The largest absolute Gasteiger partial charge is 0.324 e. The highest BCUT2D eigenvalue weighted by molar-refractivity contribution is 9.10. The van der Waals surface area contributed by atoms with Gasteiger partial charge >= 0.3 is 0 Å². The summed E-state index contributed by atoms with van der Waals surface area (Å²) in [5.74, 6) is -0.380. The summed E-state index contributed by atoms with van der Waals surface area (Å²) in [6.45, 7) is 0. The van der Waals surface area contributed by atoms with Gasteiger partial charge in [-0.15, -0.1) is 0 Å². The first-order chi connectivity index (χ1) is 9.48. The fraction of sp³-hybridized carbons (Fsp3) is 0.385. The number of nitrogens with one attached hydrogen (secondary N) is 1. The third kappa shape index (κ3) is 2.65. The summed E-state index contributed by atoms with van der Waals surface area (Å²) in [5, 5.41) is 22.7. The maximum Gasteiger partial charge on any atom is 0.285 e. The van der Waals surface area contributed by atoms with Crippen molar-refractivity contribution in [1.29, 1.82) is 5.26 Å². The summed E-state index contributed by atoms with van der Waals surface area (Å²) in [4.78, 5) is 22.5. The van der Waals surface area contributed by atoms with E-state index in [0.717, 1.165) is 12.8 Å². The Morgan fingerprint density at radius 3 is 2.65 bits per heavy atom. The van der Waals surface area contributed by atoms with Crippen molar-refractivity contribution in [3.63, 3.8) is 0 Å². The standard InChI is InChI=1S/C13H12BrN3O3/c14-10-4-3-9(7-11(10)17(19)20)16-12(18)13(8-15)5-1-2-6-13/h3-4,7H,1-2,5-6H2,(H,16,18). The highest BCUT2D eigenvalue weighted by Gasteiger charge is 2.41. The molecule has 1 amide bonds. The Labute approximate surface area is 124 Å². The summed E-state index contributed by atoms with van der Waals surface area (Å²) in [7, 11) is 0. The molecule has 1 fully saturated rings. The number of nitrogens with zero attached hydrogens (tertiary/aromatic N) is 2. The minimum Gasteiger partial charge on any atom is -0.324 e. The van der Waals surface area contributed by atoms with Crippen molar-refractivity contribution in [2.75, 3.05) is 5.32 Å². The van der Waals surface area contributed by atoms with Crippen LogP contribution in [-0.4, -0.2) is 10.8 Å². The van der Waals surface area contributed by atoms with Crippen LogP contribution >= 0.6 is 15.9 Å². The Morgan fingerprint density at radius 2 is 2.10 bits per heavy atom. The van der Waals surface area contributed by atoms with E-state index < -0.39 is 10.3 Å². The molecule has 1 N–H and O–H groups in total. The van der Waals surface area contributed by atoms with Crippen LogP contribution in [0.5, 0.6) is 0 Å². The summed E-state index contributed by atoms with van der Waals surface area (Å²) >= 11 is 3.08. The van der Waals surface area contributed by atoms with E-state index >= 15 is 0 Å². The molecule has 1 aliphatic carbocycles. The number of hydrogen-bond donors (Lipinski definition) is 1. The van der Waals surface area contributed by atoms with E-state index in [9.17, 15) is 20.2 Å². The minimum atomic E-state index is -0.998. The van der Waals surface area contributed by atoms with Gasteiger partial charge in [-0.3, -0.25) is 14.9 Å². The molecule has 0 unspecified atom stereocenters. The molecule has 2 rings (SSSR count). The van der Waals surface area contributed by atoms with E-state index in [0.29, 0.717) is 23.0 Å². The zero-order chi connectivity index (χ0) is 14.8. The fourth-order valence-corrected chi connectivity index (χ4v) is 2.74. The zero-order valence-electron chi connectivity index (χ0n) is 10.6. The quantitative estimate of drug-likeness (QED) is 0.675. The average Bonchev–Trinajstić information content (AvgIpc) is 2.90. The molecule has 20 heavy (non-hydrogen) atoms. The fourth-order valence-electron chi connectivity index (χ4n) is 2.35. The second-order valence-electron chi connectivity index (χ2n) is 4.78. The first-order valence-electron chi connectivity index (χ1n) is 6.15. The van der Waals surface area contributed by atoms with Crippen LogP contribution in [0.2, 0.25) is 0 Å². The van der Waals surface area contributed by atoms with Crippen LogP contribution in [0.15, 0.2) is 22.7 Å². The van der Waals surface area contributed by atoms with Gasteiger partial charge in [-0.1, -0.05) is 12.8 Å². The number of carbonyl (C=O) groups excluding carboxylic acids is 1. The smallest absolute Gasteiger partial charge is 0.285 e. The van der Waals surface area contributed by atoms with Gasteiger partial charge < -0.3 is 5.32 Å². The van der Waals surface area contributed by atoms with Gasteiger partial charge in [-0.25, -0.2) is 0 Å². The third-order valence-electron chi connectivity index (χ3n) is 3.51. The molecule has 1 aromatic carbocycles. The highest BCUT2D eigenvalue weighted by Crippen LogP contribution is 2.38. The molecule has 1 aliphatic rings. The van der Waals surface area contributed by atoms with Crippen LogP contribution in [-0.2, 0) is 4.79 Å². The Hall–Kier alpha value is -1.94. The number of nitro groups is 1. The molecule has 1 saturated carbocycles. The van der Waals surface area contributed by atoms with Crippen molar-refractivity contribution in [3.05, 3.63) is 32.8 Å². The van der Waals surface area contributed by atoms with Crippen molar-refractivity contribution in [3.8, 4) is 6.07 Å². The van der Waals surface area contributed by atoms with Gasteiger partial charge in [0.15, 0.2) is 0 Å². The van der Waals surface area contributed by atoms with Crippen LogP contribution in [0.25, 0.3) is 0 Å². The molecule has 1 aromatic rings. The molecule has 0 spiro atoms. The highest BCUT2D eigenvalue weighted by atomic mass is 79.9. The maximum absolute atomic E-state index is 12.2. The van der Waals surface area contributed by atoms with Gasteiger partial charge in [0.2, 0.25) is 5.91 Å². The topological polar surface area (TPSA) is 96.0 Å². The molecule has 0 bridgehead atoms. The Balaban J connectivity index is 2.22. The lowest BCUT2D eigenvalue weighted by Crippen LogP contribution is -2.32. The van der Waals surface area contributed by atoms with Crippen LogP contribution in [0.4, 0.5) is 11.4 Å². The van der Waals surface area contributed by atoms with Crippen LogP contribution in [0.3, 0.4) is 0 Å². The molecule has 0 aromatic heterocycles. The monoisotopic (exact) mass is 337 g/mol. The lowest BCUT2D eigenvalue weighted by molar-refractivity contribution is -0.385. The third-order valence-corrected chi connectivity index (χ3v) is 4.18. The first-order valence-corrected chi connectivity index (χ1v) is 6.94. The lowest BCUT2D eigenvalue weighted by Gasteiger charge is -2.19. The number of nitriles is 1. The van der Waals surface area contributed by atoms with Crippen molar-refractivity contribution < 1.29 is 9.72 Å². The van der Waals surface area contributed by atoms with E-state index in [4.69, 9.17) is 0 Å². The second kappa shape index (κ2) is 5.59.